The molecule has 0 amide bonds. The molecule has 2 aromatic rings. The van der Waals surface area contributed by atoms with Gasteiger partial charge in [-0.05, 0) is 6.42 Å². The van der Waals surface area contributed by atoms with Gasteiger partial charge < -0.3 is 14.8 Å². The zero-order valence-electron chi connectivity index (χ0n) is 11.1. The number of anilines is 1. The number of ether oxygens (including phenoxy) is 2. The van der Waals surface area contributed by atoms with Crippen LogP contribution in [0.5, 0.6) is 17.8 Å². The average molecular weight is 296 g/mol. The van der Waals surface area contributed by atoms with E-state index in [9.17, 15) is 0 Å². The van der Waals surface area contributed by atoms with E-state index in [2.05, 4.69) is 25.3 Å². The fourth-order valence-corrected chi connectivity index (χ4v) is 1.47. The van der Waals surface area contributed by atoms with Gasteiger partial charge in [0.05, 0.1) is 17.8 Å². The minimum atomic E-state index is 0.111. The van der Waals surface area contributed by atoms with Crippen LogP contribution in [-0.4, -0.2) is 33.6 Å². The molecule has 7 nitrogen and oxygen atoms in total. The molecule has 0 aromatic carbocycles. The number of nitrogens with zero attached hydrogens (tertiary/aromatic N) is 4. The minimum Gasteiger partial charge on any atom is -0.463 e. The molecule has 2 rings (SSSR count). The third-order valence-electron chi connectivity index (χ3n) is 2.14. The van der Waals surface area contributed by atoms with E-state index in [0.717, 1.165) is 6.42 Å². The van der Waals surface area contributed by atoms with Gasteiger partial charge in [-0.3, -0.25) is 4.98 Å². The Morgan fingerprint density at radius 1 is 1.20 bits per heavy atom. The molecular formula is C12H14ClN5O2. The highest BCUT2D eigenvalue weighted by Crippen LogP contribution is 2.22. The smallest absolute Gasteiger partial charge is 0.330 e. The number of aromatic nitrogens is 4. The van der Waals surface area contributed by atoms with E-state index in [0.29, 0.717) is 23.3 Å². The molecule has 0 bridgehead atoms. The van der Waals surface area contributed by atoms with Crippen LogP contribution in [-0.2, 0) is 0 Å². The molecule has 0 aliphatic heterocycles. The van der Waals surface area contributed by atoms with Gasteiger partial charge in [-0.2, -0.15) is 9.97 Å². The monoisotopic (exact) mass is 295 g/mol. The Kier molecular flexibility index (Phi) is 4.89. The first-order chi connectivity index (χ1) is 9.71. The lowest BCUT2D eigenvalue weighted by Crippen LogP contribution is -2.06. The van der Waals surface area contributed by atoms with E-state index in [1.165, 1.54) is 12.4 Å². The molecule has 8 heteroatoms. The molecule has 2 aromatic heterocycles. The van der Waals surface area contributed by atoms with Crippen LogP contribution in [0.1, 0.15) is 13.3 Å². The second-order valence-corrected chi connectivity index (χ2v) is 4.20. The van der Waals surface area contributed by atoms with Crippen LogP contribution < -0.4 is 14.8 Å². The van der Waals surface area contributed by atoms with Gasteiger partial charge in [-0.15, -0.1) is 4.98 Å². The van der Waals surface area contributed by atoms with Gasteiger partial charge >= 0.3 is 12.0 Å². The molecule has 0 saturated heterocycles. The molecule has 0 radical (unpaired) electrons. The normalized spacial score (nSPS) is 10.2. The molecule has 0 fully saturated rings. The van der Waals surface area contributed by atoms with E-state index in [1.807, 2.05) is 6.92 Å². The van der Waals surface area contributed by atoms with E-state index in [1.54, 1.807) is 13.1 Å². The number of hydrogen-bond acceptors (Lipinski definition) is 7. The van der Waals surface area contributed by atoms with Crippen molar-refractivity contribution in [3.8, 4) is 17.8 Å². The maximum atomic E-state index is 5.84. The van der Waals surface area contributed by atoms with E-state index in [4.69, 9.17) is 21.1 Å². The first-order valence-electron chi connectivity index (χ1n) is 6.06. The summed E-state index contributed by atoms with van der Waals surface area (Å²) in [5, 5.41) is 3.28. The van der Waals surface area contributed by atoms with Crippen molar-refractivity contribution in [2.75, 3.05) is 19.0 Å². The molecule has 2 heterocycles. The SMILES string of the molecule is CCCOc1nc(NC)nc(Oc2cncc(Cl)c2)n1. The van der Waals surface area contributed by atoms with Crippen LogP contribution in [0.25, 0.3) is 0 Å². The Morgan fingerprint density at radius 2 is 2.00 bits per heavy atom. The molecule has 0 spiro atoms. The van der Waals surface area contributed by atoms with Gasteiger partial charge in [0, 0.05) is 19.3 Å². The molecule has 0 saturated carbocycles. The number of rotatable bonds is 6. The van der Waals surface area contributed by atoms with E-state index >= 15 is 0 Å². The number of halogens is 1. The summed E-state index contributed by atoms with van der Waals surface area (Å²) in [6.07, 6.45) is 3.88. The summed E-state index contributed by atoms with van der Waals surface area (Å²) < 4.78 is 10.9. The zero-order valence-corrected chi connectivity index (χ0v) is 11.9. The first kappa shape index (κ1) is 14.3. The first-order valence-corrected chi connectivity index (χ1v) is 6.44. The number of hydrogen-bond donors (Lipinski definition) is 1. The topological polar surface area (TPSA) is 82.0 Å². The highest BCUT2D eigenvalue weighted by molar-refractivity contribution is 6.30. The summed E-state index contributed by atoms with van der Waals surface area (Å²) in [6.45, 7) is 2.51. The van der Waals surface area contributed by atoms with Crippen molar-refractivity contribution in [2.24, 2.45) is 0 Å². The summed E-state index contributed by atoms with van der Waals surface area (Å²) >= 11 is 5.84. The lowest BCUT2D eigenvalue weighted by molar-refractivity contribution is 0.285. The quantitative estimate of drug-likeness (QED) is 0.877. The Bertz CT molecular complexity index is 582. The standard InChI is InChI=1S/C12H14ClN5O2/c1-3-4-19-11-16-10(14-2)17-12(18-11)20-9-5-8(13)6-15-7-9/h5-7H,3-4H2,1-2H3,(H,14,16,17,18). The predicted octanol–water partition coefficient (Wildman–Crippen LogP) is 2.54. The van der Waals surface area contributed by atoms with Gasteiger partial charge in [-0.1, -0.05) is 18.5 Å². The van der Waals surface area contributed by atoms with Gasteiger partial charge in [0.15, 0.2) is 5.75 Å². The minimum absolute atomic E-state index is 0.111. The van der Waals surface area contributed by atoms with Crippen LogP contribution in [0.3, 0.4) is 0 Å². The molecule has 0 atom stereocenters. The van der Waals surface area contributed by atoms with Gasteiger partial charge in [-0.25, -0.2) is 0 Å². The summed E-state index contributed by atoms with van der Waals surface area (Å²) in [7, 11) is 1.70. The Morgan fingerprint density at radius 3 is 2.70 bits per heavy atom. The summed E-state index contributed by atoms with van der Waals surface area (Å²) in [6, 6.07) is 1.93. The summed E-state index contributed by atoms with van der Waals surface area (Å²) in [5.41, 5.74) is 0. The lowest BCUT2D eigenvalue weighted by Gasteiger charge is -2.08. The molecule has 20 heavy (non-hydrogen) atoms. The number of nitrogens with one attached hydrogen (secondary N) is 1. The highest BCUT2D eigenvalue weighted by atomic mass is 35.5. The third-order valence-corrected chi connectivity index (χ3v) is 2.35. The molecule has 0 aliphatic rings. The van der Waals surface area contributed by atoms with Crippen molar-refractivity contribution < 1.29 is 9.47 Å². The largest absolute Gasteiger partial charge is 0.463 e. The van der Waals surface area contributed by atoms with Crippen molar-refractivity contribution >= 4 is 17.5 Å². The Labute approximate surface area is 121 Å². The van der Waals surface area contributed by atoms with Gasteiger partial charge in [0.25, 0.3) is 0 Å². The second-order valence-electron chi connectivity index (χ2n) is 3.76. The second kappa shape index (κ2) is 6.85. The maximum absolute atomic E-state index is 5.84. The lowest BCUT2D eigenvalue weighted by atomic mass is 10.5. The highest BCUT2D eigenvalue weighted by Gasteiger charge is 2.09. The molecular weight excluding hydrogens is 282 g/mol. The molecule has 106 valence electrons. The summed E-state index contributed by atoms with van der Waals surface area (Å²) in [4.78, 5) is 16.1. The van der Waals surface area contributed by atoms with Crippen LogP contribution in [0.2, 0.25) is 5.02 Å². The van der Waals surface area contributed by atoms with E-state index < -0.39 is 0 Å². The average Bonchev–Trinajstić information content (AvgIpc) is 2.45. The zero-order chi connectivity index (χ0) is 14.4. The fourth-order valence-electron chi connectivity index (χ4n) is 1.31. The van der Waals surface area contributed by atoms with Gasteiger partial charge in [0.2, 0.25) is 5.95 Å². The van der Waals surface area contributed by atoms with Gasteiger partial charge in [0.1, 0.15) is 0 Å². The Hall–Kier alpha value is -2.15. The fraction of sp³-hybridized carbons (Fsp3) is 0.333. The Balaban J connectivity index is 2.21. The van der Waals surface area contributed by atoms with Crippen molar-refractivity contribution in [2.45, 2.75) is 13.3 Å². The molecule has 0 aliphatic carbocycles. The van der Waals surface area contributed by atoms with Crippen LogP contribution in [0, 0.1) is 0 Å². The van der Waals surface area contributed by atoms with Crippen molar-refractivity contribution in [3.63, 3.8) is 0 Å². The number of pyridine rings is 1. The van der Waals surface area contributed by atoms with Crippen LogP contribution >= 0.6 is 11.6 Å². The van der Waals surface area contributed by atoms with Crippen molar-refractivity contribution in [1.29, 1.82) is 0 Å². The van der Waals surface area contributed by atoms with Crippen molar-refractivity contribution in [3.05, 3.63) is 23.5 Å². The van der Waals surface area contributed by atoms with Crippen molar-refractivity contribution in [1.82, 2.24) is 19.9 Å². The van der Waals surface area contributed by atoms with Crippen LogP contribution in [0.4, 0.5) is 5.95 Å². The maximum Gasteiger partial charge on any atom is 0.330 e. The van der Waals surface area contributed by atoms with Crippen LogP contribution in [0.15, 0.2) is 18.5 Å². The molecule has 1 N–H and O–H groups in total. The van der Waals surface area contributed by atoms with E-state index in [-0.39, 0.29) is 12.0 Å². The third kappa shape index (κ3) is 3.92. The summed E-state index contributed by atoms with van der Waals surface area (Å²) in [5.74, 6) is 0.795. The molecule has 0 unspecified atom stereocenters. The predicted molar refractivity (Wildman–Crippen MR) is 74.5 cm³/mol.